The average molecular weight is 380 g/mol. The number of nitrogens with one attached hydrogen (secondary N) is 1. The first-order chi connectivity index (χ1) is 13.6. The lowest BCUT2D eigenvalue weighted by Crippen LogP contribution is -2.41. The highest BCUT2D eigenvalue weighted by Gasteiger charge is 2.32. The van der Waals surface area contributed by atoms with Gasteiger partial charge < -0.3 is 14.7 Å². The molecule has 2 heterocycles. The Bertz CT molecular complexity index is 971. The summed E-state index contributed by atoms with van der Waals surface area (Å²) < 4.78 is 18.6. The van der Waals surface area contributed by atoms with E-state index in [1.54, 1.807) is 17.0 Å². The molecular weight excluding hydrogens is 359 g/mol. The van der Waals surface area contributed by atoms with Crippen LogP contribution in [0.4, 0.5) is 14.9 Å². The van der Waals surface area contributed by atoms with Crippen molar-refractivity contribution in [1.82, 2.24) is 15.0 Å². The molecule has 0 spiro atoms. The molecule has 2 aromatic carbocycles. The normalized spacial score (nSPS) is 16.8. The van der Waals surface area contributed by atoms with Crippen LogP contribution in [-0.2, 0) is 0 Å². The van der Waals surface area contributed by atoms with Gasteiger partial charge in [0.25, 0.3) is 0 Å². The fraction of sp³-hybridized carbons (Fsp3) is 0.286. The zero-order chi connectivity index (χ0) is 19.5. The molecule has 2 amide bonds. The molecule has 1 aromatic heterocycles. The van der Waals surface area contributed by atoms with Gasteiger partial charge in [0.1, 0.15) is 11.9 Å². The van der Waals surface area contributed by atoms with Crippen LogP contribution in [0.3, 0.4) is 0 Å². The van der Waals surface area contributed by atoms with E-state index in [2.05, 4.69) is 15.5 Å². The number of aromatic nitrogens is 2. The number of carbonyl (C=O) groups excluding carboxylic acids is 1. The molecule has 0 saturated carbocycles. The van der Waals surface area contributed by atoms with Gasteiger partial charge in [0.2, 0.25) is 11.7 Å². The Morgan fingerprint density at radius 3 is 2.75 bits per heavy atom. The molecule has 0 radical (unpaired) electrons. The summed E-state index contributed by atoms with van der Waals surface area (Å²) in [4.78, 5) is 19.1. The predicted molar refractivity (Wildman–Crippen MR) is 103 cm³/mol. The first kappa shape index (κ1) is 18.2. The van der Waals surface area contributed by atoms with Crippen molar-refractivity contribution >= 4 is 11.7 Å². The number of aryl methyl sites for hydroxylation is 1. The Balaban J connectivity index is 1.55. The molecule has 1 aliphatic rings. The molecule has 1 unspecified atom stereocenters. The second-order valence-corrected chi connectivity index (χ2v) is 6.91. The third-order valence-corrected chi connectivity index (χ3v) is 4.98. The van der Waals surface area contributed by atoms with Crippen LogP contribution in [0.25, 0.3) is 11.4 Å². The third-order valence-electron chi connectivity index (χ3n) is 4.98. The van der Waals surface area contributed by atoms with Crippen LogP contribution in [0, 0.1) is 12.7 Å². The number of nitrogens with zero attached hydrogens (tertiary/aromatic N) is 3. The van der Waals surface area contributed by atoms with Crippen molar-refractivity contribution in [3.05, 3.63) is 65.8 Å². The predicted octanol–water partition coefficient (Wildman–Crippen LogP) is 4.94. The molecule has 4 rings (SSSR count). The lowest BCUT2D eigenvalue weighted by atomic mass is 10.0. The number of piperidine rings is 1. The minimum absolute atomic E-state index is 0.180. The molecule has 1 atom stereocenters. The maximum atomic E-state index is 13.1. The summed E-state index contributed by atoms with van der Waals surface area (Å²) in [6, 6.07) is 13.1. The van der Waals surface area contributed by atoms with Gasteiger partial charge in [-0.3, -0.25) is 0 Å². The van der Waals surface area contributed by atoms with Gasteiger partial charge in [0.15, 0.2) is 0 Å². The quantitative estimate of drug-likeness (QED) is 0.698. The smallest absolute Gasteiger partial charge is 0.322 e. The summed E-state index contributed by atoms with van der Waals surface area (Å²) in [6.45, 7) is 2.58. The van der Waals surface area contributed by atoms with E-state index in [-0.39, 0.29) is 17.9 Å². The fourth-order valence-electron chi connectivity index (χ4n) is 3.42. The lowest BCUT2D eigenvalue weighted by Gasteiger charge is -2.33. The number of hydrogen-bond acceptors (Lipinski definition) is 4. The number of halogens is 1. The average Bonchev–Trinajstić information content (AvgIpc) is 3.20. The van der Waals surface area contributed by atoms with E-state index in [0.717, 1.165) is 30.5 Å². The van der Waals surface area contributed by atoms with Gasteiger partial charge in [-0.2, -0.15) is 4.98 Å². The van der Waals surface area contributed by atoms with Crippen LogP contribution >= 0.6 is 0 Å². The van der Waals surface area contributed by atoms with E-state index in [0.29, 0.717) is 23.8 Å². The summed E-state index contributed by atoms with van der Waals surface area (Å²) in [7, 11) is 0. The molecule has 28 heavy (non-hydrogen) atoms. The highest BCUT2D eigenvalue weighted by molar-refractivity contribution is 5.90. The molecule has 0 aliphatic carbocycles. The van der Waals surface area contributed by atoms with E-state index in [1.807, 2.05) is 31.2 Å². The number of likely N-dealkylation sites (tertiary alicyclic amines) is 1. The molecular formula is C21H21FN4O2. The molecule has 0 bridgehead atoms. The van der Waals surface area contributed by atoms with Gasteiger partial charge in [-0.05, 0) is 62.1 Å². The van der Waals surface area contributed by atoms with Crippen molar-refractivity contribution in [3.63, 3.8) is 0 Å². The van der Waals surface area contributed by atoms with Crippen LogP contribution in [0.15, 0.2) is 53.1 Å². The summed E-state index contributed by atoms with van der Waals surface area (Å²) in [5.41, 5.74) is 2.46. The Hall–Kier alpha value is -3.22. The number of urea groups is 1. The minimum Gasteiger partial charge on any atom is -0.337 e. The van der Waals surface area contributed by atoms with Gasteiger partial charge >= 0.3 is 6.03 Å². The molecule has 1 saturated heterocycles. The topological polar surface area (TPSA) is 71.3 Å². The van der Waals surface area contributed by atoms with Crippen molar-refractivity contribution in [3.8, 4) is 11.4 Å². The maximum absolute atomic E-state index is 13.1. The highest BCUT2D eigenvalue weighted by atomic mass is 19.1. The molecule has 1 fully saturated rings. The summed E-state index contributed by atoms with van der Waals surface area (Å²) in [5.74, 6) is 0.470. The number of para-hydroxylation sites is 1. The Labute approximate surface area is 162 Å². The first-order valence-electron chi connectivity index (χ1n) is 9.34. The van der Waals surface area contributed by atoms with Crippen molar-refractivity contribution in [1.29, 1.82) is 0 Å². The minimum atomic E-state index is -0.321. The second kappa shape index (κ2) is 7.80. The number of rotatable bonds is 3. The van der Waals surface area contributed by atoms with E-state index in [4.69, 9.17) is 4.52 Å². The number of amides is 2. The van der Waals surface area contributed by atoms with Crippen LogP contribution in [0.2, 0.25) is 0 Å². The number of anilines is 1. The zero-order valence-electron chi connectivity index (χ0n) is 15.6. The Morgan fingerprint density at radius 1 is 1.18 bits per heavy atom. The number of carbonyl (C=O) groups is 1. The summed E-state index contributed by atoms with van der Waals surface area (Å²) in [6.07, 6.45) is 2.66. The van der Waals surface area contributed by atoms with Crippen molar-refractivity contribution in [2.24, 2.45) is 0 Å². The Morgan fingerprint density at radius 2 is 1.96 bits per heavy atom. The number of benzene rings is 2. The van der Waals surface area contributed by atoms with Crippen molar-refractivity contribution in [2.45, 2.75) is 32.2 Å². The van der Waals surface area contributed by atoms with Gasteiger partial charge in [-0.25, -0.2) is 9.18 Å². The fourth-order valence-corrected chi connectivity index (χ4v) is 3.42. The molecule has 7 heteroatoms. The van der Waals surface area contributed by atoms with Gasteiger partial charge in [0, 0.05) is 17.8 Å². The highest BCUT2D eigenvalue weighted by Crippen LogP contribution is 2.32. The van der Waals surface area contributed by atoms with Crippen molar-refractivity contribution < 1.29 is 13.7 Å². The van der Waals surface area contributed by atoms with Gasteiger partial charge in [0.05, 0.1) is 0 Å². The molecule has 1 aliphatic heterocycles. The Kier molecular flexibility index (Phi) is 5.06. The van der Waals surface area contributed by atoms with E-state index in [1.165, 1.54) is 12.1 Å². The lowest BCUT2D eigenvalue weighted by molar-refractivity contribution is 0.142. The summed E-state index contributed by atoms with van der Waals surface area (Å²) in [5, 5.41) is 7.00. The van der Waals surface area contributed by atoms with Gasteiger partial charge in [-0.15, -0.1) is 0 Å². The van der Waals surface area contributed by atoms with E-state index in [9.17, 15) is 9.18 Å². The van der Waals surface area contributed by atoms with Gasteiger partial charge in [-0.1, -0.05) is 23.4 Å². The second-order valence-electron chi connectivity index (χ2n) is 6.91. The van der Waals surface area contributed by atoms with Crippen LogP contribution in [0.5, 0.6) is 0 Å². The largest absolute Gasteiger partial charge is 0.337 e. The maximum Gasteiger partial charge on any atom is 0.322 e. The SMILES string of the molecule is Cc1ccccc1NC(=O)N1CCCCC1c1nc(-c2ccc(F)cc2)no1. The molecule has 144 valence electrons. The standard InChI is InChI=1S/C21H21FN4O2/c1-14-6-2-3-7-17(14)23-21(27)26-13-5-4-8-18(26)20-24-19(25-28-20)15-9-11-16(22)12-10-15/h2-3,6-7,9-12,18H,4-5,8,13H2,1H3,(H,23,27). The van der Waals surface area contributed by atoms with Crippen molar-refractivity contribution in [2.75, 3.05) is 11.9 Å². The van der Waals surface area contributed by atoms with Crippen LogP contribution in [-0.4, -0.2) is 27.6 Å². The van der Waals surface area contributed by atoms with Crippen LogP contribution < -0.4 is 5.32 Å². The van der Waals surface area contributed by atoms with Crippen LogP contribution in [0.1, 0.15) is 36.8 Å². The third kappa shape index (κ3) is 3.74. The number of hydrogen-bond donors (Lipinski definition) is 1. The zero-order valence-corrected chi connectivity index (χ0v) is 15.6. The first-order valence-corrected chi connectivity index (χ1v) is 9.34. The summed E-state index contributed by atoms with van der Waals surface area (Å²) >= 11 is 0. The molecule has 3 aromatic rings. The molecule has 6 nitrogen and oxygen atoms in total. The monoisotopic (exact) mass is 380 g/mol. The van der Waals surface area contributed by atoms with E-state index < -0.39 is 0 Å². The molecule has 1 N–H and O–H groups in total. The van der Waals surface area contributed by atoms with E-state index >= 15 is 0 Å².